The van der Waals surface area contributed by atoms with Gasteiger partial charge in [-0.2, -0.15) is 0 Å². The molecule has 1 atom stereocenters. The fraction of sp³-hybridized carbons (Fsp3) is 0.111. The van der Waals surface area contributed by atoms with Gasteiger partial charge in [0.15, 0.2) is 0 Å². The number of nitrogens with zero attached hydrogens (tertiary/aromatic N) is 3. The summed E-state index contributed by atoms with van der Waals surface area (Å²) in [4.78, 5) is 17.2. The minimum atomic E-state index is -0.0707. The van der Waals surface area contributed by atoms with E-state index in [0.717, 1.165) is 39.6 Å². The molecule has 5 aromatic rings. The van der Waals surface area contributed by atoms with Gasteiger partial charge in [-0.05, 0) is 64.6 Å². The molecule has 3 heterocycles. The molecule has 3 aromatic carbocycles. The van der Waals surface area contributed by atoms with Crippen molar-refractivity contribution in [2.75, 3.05) is 0 Å². The third-order valence-corrected chi connectivity index (χ3v) is 6.86. The Bertz CT molecular complexity index is 1550. The Balaban J connectivity index is 1.64. The maximum Gasteiger partial charge on any atom is 0.251 e. The molecule has 1 aliphatic heterocycles. The molecule has 1 unspecified atom stereocenters. The molecule has 1 aliphatic rings. The Kier molecular flexibility index (Phi) is 4.86. The predicted octanol–water partition coefficient (Wildman–Crippen LogP) is 6.37. The molecule has 0 saturated heterocycles. The first-order valence-corrected chi connectivity index (χ1v) is 11.5. The molecule has 0 aliphatic carbocycles. The minimum absolute atomic E-state index is 0.0211. The highest BCUT2D eigenvalue weighted by Gasteiger charge is 2.24. The van der Waals surface area contributed by atoms with Crippen molar-refractivity contribution in [3.8, 4) is 11.1 Å². The fourth-order valence-corrected chi connectivity index (χ4v) is 5.25. The van der Waals surface area contributed by atoms with E-state index in [1.54, 1.807) is 12.3 Å². The molecule has 0 N–H and O–H groups in total. The predicted molar refractivity (Wildman–Crippen MR) is 133 cm³/mol. The van der Waals surface area contributed by atoms with Gasteiger partial charge >= 0.3 is 0 Å². The van der Waals surface area contributed by atoms with E-state index < -0.39 is 0 Å². The van der Waals surface area contributed by atoms with Crippen LogP contribution in [0.25, 0.3) is 22.0 Å². The number of aromatic nitrogens is 3. The Labute approximate surface area is 200 Å². The molecule has 6 heteroatoms. The van der Waals surface area contributed by atoms with Gasteiger partial charge in [0.25, 0.3) is 5.56 Å². The highest BCUT2D eigenvalue weighted by molar-refractivity contribution is 6.31. The number of benzene rings is 3. The molecule has 162 valence electrons. The summed E-state index contributed by atoms with van der Waals surface area (Å²) in [6.45, 7) is 0.695. The zero-order valence-corrected chi connectivity index (χ0v) is 19.1. The Morgan fingerprint density at radius 2 is 1.76 bits per heavy atom. The summed E-state index contributed by atoms with van der Waals surface area (Å²) in [7, 11) is 0. The van der Waals surface area contributed by atoms with Crippen LogP contribution < -0.4 is 5.56 Å². The highest BCUT2D eigenvalue weighted by atomic mass is 35.5. The second-order valence-electron chi connectivity index (χ2n) is 8.35. The molecular weight excluding hydrogens is 453 g/mol. The lowest BCUT2D eigenvalue weighted by Crippen LogP contribution is -2.17. The standard InChI is InChI=1S/C27H19Cl2N3O/c28-21-6-4-17(5-7-21)26(31-11-9-30-16-31)20-12-19-8-10-32-25(33)15-23(24(14-20)27(19)32)18-2-1-3-22(29)13-18/h1-7,9,11-16,26H,8,10H2. The maximum absolute atomic E-state index is 12.9. The number of rotatable bonds is 4. The van der Waals surface area contributed by atoms with Crippen molar-refractivity contribution in [3.63, 3.8) is 0 Å². The van der Waals surface area contributed by atoms with Crippen LogP contribution in [0.3, 0.4) is 0 Å². The van der Waals surface area contributed by atoms with Crippen LogP contribution in [0, 0.1) is 0 Å². The van der Waals surface area contributed by atoms with Gasteiger partial charge in [-0.1, -0.05) is 53.5 Å². The van der Waals surface area contributed by atoms with Gasteiger partial charge in [0.05, 0.1) is 17.9 Å². The van der Waals surface area contributed by atoms with Crippen molar-refractivity contribution in [2.24, 2.45) is 0 Å². The number of hydrogen-bond acceptors (Lipinski definition) is 2. The van der Waals surface area contributed by atoms with Crippen LogP contribution in [0.4, 0.5) is 0 Å². The summed E-state index contributed by atoms with van der Waals surface area (Å²) in [6.07, 6.45) is 6.43. The van der Waals surface area contributed by atoms with Crippen LogP contribution in [0.2, 0.25) is 10.0 Å². The normalized spacial score (nSPS) is 13.5. The van der Waals surface area contributed by atoms with E-state index in [9.17, 15) is 4.79 Å². The SMILES string of the molecule is O=c1cc(-c2cccc(Cl)c2)c2cc(C(c3ccc(Cl)cc3)n3ccnc3)cc3c2n1CC3. The van der Waals surface area contributed by atoms with Crippen molar-refractivity contribution in [3.05, 3.63) is 123 Å². The quantitative estimate of drug-likeness (QED) is 0.305. The summed E-state index contributed by atoms with van der Waals surface area (Å²) in [5.74, 6) is 0. The molecule has 4 nitrogen and oxygen atoms in total. The van der Waals surface area contributed by atoms with Crippen molar-refractivity contribution in [1.82, 2.24) is 14.1 Å². The average Bonchev–Trinajstić information content (AvgIpc) is 3.49. The van der Waals surface area contributed by atoms with Gasteiger partial charge in [-0.25, -0.2) is 4.98 Å². The first-order chi connectivity index (χ1) is 16.1. The van der Waals surface area contributed by atoms with Gasteiger partial charge in [0.2, 0.25) is 0 Å². The van der Waals surface area contributed by atoms with Crippen LogP contribution in [0.5, 0.6) is 0 Å². The number of aryl methyl sites for hydroxylation is 2. The van der Waals surface area contributed by atoms with Gasteiger partial charge in [-0.3, -0.25) is 4.79 Å². The van der Waals surface area contributed by atoms with Crippen molar-refractivity contribution in [2.45, 2.75) is 19.0 Å². The van der Waals surface area contributed by atoms with Gasteiger partial charge in [0, 0.05) is 40.4 Å². The van der Waals surface area contributed by atoms with E-state index in [4.69, 9.17) is 23.2 Å². The zero-order valence-electron chi connectivity index (χ0n) is 17.6. The number of halogens is 2. The monoisotopic (exact) mass is 471 g/mol. The molecule has 6 rings (SSSR count). The van der Waals surface area contributed by atoms with Crippen LogP contribution in [0.15, 0.2) is 90.2 Å². The van der Waals surface area contributed by atoms with Crippen LogP contribution in [-0.2, 0) is 13.0 Å². The van der Waals surface area contributed by atoms with Crippen LogP contribution >= 0.6 is 23.2 Å². The lowest BCUT2D eigenvalue weighted by Gasteiger charge is -2.22. The number of imidazole rings is 1. The average molecular weight is 472 g/mol. The largest absolute Gasteiger partial charge is 0.326 e. The molecule has 0 radical (unpaired) electrons. The second kappa shape index (κ2) is 7.91. The van der Waals surface area contributed by atoms with E-state index in [1.165, 1.54) is 5.56 Å². The molecule has 0 fully saturated rings. The molecular formula is C27H19Cl2N3O. The molecule has 0 saturated carbocycles. The van der Waals surface area contributed by atoms with Crippen molar-refractivity contribution in [1.29, 1.82) is 0 Å². The lowest BCUT2D eigenvalue weighted by molar-refractivity contribution is 0.676. The van der Waals surface area contributed by atoms with Gasteiger partial charge in [0.1, 0.15) is 0 Å². The van der Waals surface area contributed by atoms with Crippen LogP contribution in [0.1, 0.15) is 22.7 Å². The summed E-state index contributed by atoms with van der Waals surface area (Å²) in [5, 5.41) is 2.40. The lowest BCUT2D eigenvalue weighted by atomic mass is 9.92. The van der Waals surface area contributed by atoms with Crippen LogP contribution in [-0.4, -0.2) is 14.1 Å². The van der Waals surface area contributed by atoms with Crippen molar-refractivity contribution < 1.29 is 0 Å². The molecule has 0 amide bonds. The van der Waals surface area contributed by atoms with E-state index in [-0.39, 0.29) is 11.6 Å². The highest BCUT2D eigenvalue weighted by Crippen LogP contribution is 2.37. The van der Waals surface area contributed by atoms with Gasteiger partial charge in [-0.15, -0.1) is 0 Å². The molecule has 0 bridgehead atoms. The first kappa shape index (κ1) is 20.3. The topological polar surface area (TPSA) is 39.8 Å². The smallest absolute Gasteiger partial charge is 0.251 e. The number of pyridine rings is 1. The zero-order chi connectivity index (χ0) is 22.5. The number of hydrogen-bond donors (Lipinski definition) is 0. The summed E-state index contributed by atoms with van der Waals surface area (Å²) in [6, 6.07) is 21.7. The first-order valence-electron chi connectivity index (χ1n) is 10.8. The van der Waals surface area contributed by atoms with Crippen molar-refractivity contribution >= 4 is 34.1 Å². The summed E-state index contributed by atoms with van der Waals surface area (Å²) in [5.41, 5.74) is 6.30. The maximum atomic E-state index is 12.9. The second-order valence-corrected chi connectivity index (χ2v) is 9.22. The Morgan fingerprint density at radius 3 is 2.52 bits per heavy atom. The molecule has 33 heavy (non-hydrogen) atoms. The van der Waals surface area contributed by atoms with E-state index in [1.807, 2.05) is 53.5 Å². The van der Waals surface area contributed by atoms with E-state index >= 15 is 0 Å². The fourth-order valence-electron chi connectivity index (χ4n) is 4.93. The molecule has 2 aromatic heterocycles. The minimum Gasteiger partial charge on any atom is -0.326 e. The Morgan fingerprint density at radius 1 is 0.909 bits per heavy atom. The third-order valence-electron chi connectivity index (χ3n) is 6.37. The summed E-state index contributed by atoms with van der Waals surface area (Å²) >= 11 is 12.5. The van der Waals surface area contributed by atoms with E-state index in [0.29, 0.717) is 16.6 Å². The van der Waals surface area contributed by atoms with E-state index in [2.05, 4.69) is 33.8 Å². The third kappa shape index (κ3) is 3.47. The summed E-state index contributed by atoms with van der Waals surface area (Å²) < 4.78 is 3.98. The Hall–Kier alpha value is -3.34. The molecule has 0 spiro atoms. The van der Waals surface area contributed by atoms with Gasteiger partial charge < -0.3 is 9.13 Å².